The van der Waals surface area contributed by atoms with Crippen LogP contribution in [0.5, 0.6) is 0 Å². The first-order valence-electron chi connectivity index (χ1n) is 15.1. The number of benzene rings is 4. The van der Waals surface area contributed by atoms with Gasteiger partial charge in [0.05, 0.1) is 0 Å². The smallest absolute Gasteiger partial charge is 0.239 e. The summed E-state index contributed by atoms with van der Waals surface area (Å²) in [5, 5.41) is 0. The van der Waals surface area contributed by atoms with Gasteiger partial charge in [0.15, 0.2) is 0 Å². The minimum atomic E-state index is 0.737. The second-order valence-electron chi connectivity index (χ2n) is 9.90. The van der Waals surface area contributed by atoms with Gasteiger partial charge in [0.1, 0.15) is 11.0 Å². The van der Waals surface area contributed by atoms with Crippen LogP contribution in [-0.4, -0.2) is 4.98 Å². The average molecular weight is 574 g/mol. The Morgan fingerprint density at radius 2 is 1.07 bits per heavy atom. The quantitative estimate of drug-likeness (QED) is 0.0972. The fourth-order valence-corrected chi connectivity index (χ4v) is 4.46. The number of hydrogen-bond acceptors (Lipinski definition) is 3. The Bertz CT molecular complexity index is 1600. The predicted octanol–water partition coefficient (Wildman–Crippen LogP) is 10.1. The van der Waals surface area contributed by atoms with Crippen LogP contribution in [0.15, 0.2) is 104 Å². The molecule has 0 amide bonds. The summed E-state index contributed by atoms with van der Waals surface area (Å²) in [6.45, 7) is 22.0. The molecule has 4 N–H and O–H groups in total. The fourth-order valence-electron chi connectivity index (χ4n) is 4.46. The van der Waals surface area contributed by atoms with Crippen LogP contribution in [0.4, 0.5) is 11.4 Å². The van der Waals surface area contributed by atoms with Crippen LogP contribution in [-0.2, 0) is 0 Å². The van der Waals surface area contributed by atoms with E-state index in [-0.39, 0.29) is 0 Å². The molecule has 1 aromatic heterocycles. The Labute approximate surface area is 259 Å². The molecular weight excluding hydrogens is 524 g/mol. The van der Waals surface area contributed by atoms with Crippen molar-refractivity contribution in [1.82, 2.24) is 4.98 Å². The van der Waals surface area contributed by atoms with Crippen molar-refractivity contribution in [2.24, 2.45) is 0 Å². The van der Waals surface area contributed by atoms with Crippen LogP contribution in [0.25, 0.3) is 38.9 Å². The molecule has 0 aliphatic carbocycles. The number of fused-ring (bicyclic) bond motifs is 2. The SMILES string of the molecule is C=C/C=C(\C=C/C)[n+]1c2cc(N)c(C)cc2nc2cc(C)c(N)cc21.CC.CC.Cc1ccc(-c2ccc(C)cc2)cc1. The average Bonchev–Trinajstić information content (AvgIpc) is 3.01. The molecule has 0 saturated heterocycles. The minimum Gasteiger partial charge on any atom is -0.398 e. The number of rotatable bonds is 4. The lowest BCUT2D eigenvalue weighted by atomic mass is 10.0. The molecule has 224 valence electrons. The van der Waals surface area contributed by atoms with Crippen molar-refractivity contribution in [3.63, 3.8) is 0 Å². The van der Waals surface area contributed by atoms with Gasteiger partial charge in [-0.25, -0.2) is 4.98 Å². The van der Waals surface area contributed by atoms with Gasteiger partial charge in [0, 0.05) is 35.7 Å². The molecule has 1 heterocycles. The predicted molar refractivity (Wildman–Crippen MR) is 191 cm³/mol. The summed E-state index contributed by atoms with van der Waals surface area (Å²) in [7, 11) is 0. The molecule has 0 aliphatic heterocycles. The van der Waals surface area contributed by atoms with Crippen molar-refractivity contribution in [3.05, 3.63) is 126 Å². The topological polar surface area (TPSA) is 68.8 Å². The number of anilines is 2. The largest absolute Gasteiger partial charge is 0.398 e. The van der Waals surface area contributed by atoms with E-state index < -0.39 is 0 Å². The highest BCUT2D eigenvalue weighted by Crippen LogP contribution is 2.25. The van der Waals surface area contributed by atoms with E-state index in [1.54, 1.807) is 6.08 Å². The molecule has 0 spiro atoms. The Hall–Kier alpha value is -4.70. The zero-order chi connectivity index (χ0) is 32.1. The summed E-state index contributed by atoms with van der Waals surface area (Å²) in [6.07, 6.45) is 7.77. The van der Waals surface area contributed by atoms with Crippen molar-refractivity contribution >= 4 is 39.1 Å². The zero-order valence-electron chi connectivity index (χ0n) is 27.5. The Morgan fingerprint density at radius 1 is 0.674 bits per heavy atom. The van der Waals surface area contributed by atoms with Gasteiger partial charge in [-0.2, -0.15) is 0 Å². The van der Waals surface area contributed by atoms with E-state index in [0.717, 1.165) is 50.3 Å². The first kappa shape index (κ1) is 34.5. The monoisotopic (exact) mass is 573 g/mol. The van der Waals surface area contributed by atoms with Crippen molar-refractivity contribution < 1.29 is 4.57 Å². The number of nitrogens with zero attached hydrogens (tertiary/aromatic N) is 2. The molecule has 5 rings (SSSR count). The fraction of sp³-hybridized carbons (Fsp3) is 0.231. The number of nitrogens with two attached hydrogens (primary N) is 2. The standard InChI is InChI=1S/C21H22N4.C14H14.2C2H6/c1-5-7-15(8-6-2)25-20-11-16(22)13(3)9-18(20)24-19-10-14(4)17(23)12-21(19)25;1-11-3-7-13(8-4-11)14-9-5-12(2)6-10-14;2*1-2/h5-12H,1H2,2-4H3,(H3,22,23);3-10H,1-2H3;2*1-2H3/p+1/b8-6-,15-7+;;;. The second kappa shape index (κ2) is 16.7. The third kappa shape index (κ3) is 8.65. The normalized spacial score (nSPS) is 10.8. The van der Waals surface area contributed by atoms with Crippen molar-refractivity contribution in [2.45, 2.75) is 62.3 Å². The van der Waals surface area contributed by atoms with E-state index in [9.17, 15) is 0 Å². The van der Waals surface area contributed by atoms with Gasteiger partial charge in [0.25, 0.3) is 0 Å². The molecule has 4 heteroatoms. The Kier molecular flexibility index (Phi) is 13.4. The van der Waals surface area contributed by atoms with Crippen LogP contribution < -0.4 is 16.0 Å². The Balaban J connectivity index is 0.000000303. The molecule has 0 bridgehead atoms. The van der Waals surface area contributed by atoms with Crippen molar-refractivity contribution in [3.8, 4) is 11.1 Å². The van der Waals surface area contributed by atoms with E-state index >= 15 is 0 Å². The third-order valence-electron chi connectivity index (χ3n) is 6.77. The summed E-state index contributed by atoms with van der Waals surface area (Å²) in [5.41, 5.74) is 25.7. The highest BCUT2D eigenvalue weighted by atomic mass is 15.0. The van der Waals surface area contributed by atoms with Crippen molar-refractivity contribution in [1.29, 1.82) is 0 Å². The summed E-state index contributed by atoms with van der Waals surface area (Å²) < 4.78 is 2.13. The van der Waals surface area contributed by atoms with Crippen molar-refractivity contribution in [2.75, 3.05) is 11.5 Å². The summed E-state index contributed by atoms with van der Waals surface area (Å²) >= 11 is 0. The number of aromatic nitrogens is 2. The number of nitrogen functional groups attached to an aromatic ring is 2. The molecule has 0 radical (unpaired) electrons. The molecule has 43 heavy (non-hydrogen) atoms. The minimum absolute atomic E-state index is 0.737. The van der Waals surface area contributed by atoms with Gasteiger partial charge >= 0.3 is 0 Å². The van der Waals surface area contributed by atoms with Gasteiger partial charge in [-0.1, -0.05) is 106 Å². The summed E-state index contributed by atoms with van der Waals surface area (Å²) in [4.78, 5) is 4.84. The lowest BCUT2D eigenvalue weighted by Crippen LogP contribution is -2.34. The van der Waals surface area contributed by atoms with E-state index in [0.29, 0.717) is 0 Å². The zero-order valence-corrected chi connectivity index (χ0v) is 27.5. The summed E-state index contributed by atoms with van der Waals surface area (Å²) in [5.74, 6) is 0. The number of allylic oxidation sites excluding steroid dienone is 5. The lowest BCUT2D eigenvalue weighted by Gasteiger charge is -2.09. The molecule has 0 fully saturated rings. The maximum atomic E-state index is 6.18. The summed E-state index contributed by atoms with van der Waals surface area (Å²) in [6, 6.07) is 25.2. The number of aryl methyl sites for hydroxylation is 4. The molecule has 0 unspecified atom stereocenters. The van der Waals surface area contributed by atoms with E-state index in [1.807, 2.05) is 91.0 Å². The Morgan fingerprint density at radius 3 is 1.42 bits per heavy atom. The molecule has 0 aliphatic rings. The van der Waals surface area contributed by atoms with Gasteiger partial charge in [-0.05, 0) is 69.0 Å². The van der Waals surface area contributed by atoms with Gasteiger partial charge < -0.3 is 11.5 Å². The maximum absolute atomic E-state index is 6.18. The molecule has 4 nitrogen and oxygen atoms in total. The molecule has 5 aromatic rings. The van der Waals surface area contributed by atoms with Crippen LogP contribution in [0.3, 0.4) is 0 Å². The van der Waals surface area contributed by atoms with E-state index in [4.69, 9.17) is 16.5 Å². The lowest BCUT2D eigenvalue weighted by molar-refractivity contribution is -0.520. The highest BCUT2D eigenvalue weighted by molar-refractivity contribution is 5.88. The van der Waals surface area contributed by atoms with Gasteiger partial charge in [-0.3, -0.25) is 0 Å². The van der Waals surface area contributed by atoms with E-state index in [2.05, 4.69) is 73.5 Å². The van der Waals surface area contributed by atoms with Crippen LogP contribution >= 0.6 is 0 Å². The molecular formula is C39H49N4+. The number of hydrogen-bond donors (Lipinski definition) is 2. The molecule has 0 atom stereocenters. The first-order valence-corrected chi connectivity index (χ1v) is 15.1. The van der Waals surface area contributed by atoms with Gasteiger partial charge in [-0.15, -0.1) is 4.57 Å². The highest BCUT2D eigenvalue weighted by Gasteiger charge is 2.21. The third-order valence-corrected chi connectivity index (χ3v) is 6.77. The molecule has 0 saturated carbocycles. The van der Waals surface area contributed by atoms with Crippen LogP contribution in [0, 0.1) is 27.7 Å². The van der Waals surface area contributed by atoms with Gasteiger partial charge in [0.2, 0.25) is 16.7 Å². The van der Waals surface area contributed by atoms with Crippen LogP contribution in [0.1, 0.15) is 56.9 Å². The van der Waals surface area contributed by atoms with Crippen LogP contribution in [0.2, 0.25) is 0 Å². The maximum Gasteiger partial charge on any atom is 0.239 e. The second-order valence-corrected chi connectivity index (χ2v) is 9.90. The first-order chi connectivity index (χ1) is 20.7. The molecule has 4 aromatic carbocycles. The van der Waals surface area contributed by atoms with E-state index in [1.165, 1.54) is 22.3 Å².